The van der Waals surface area contributed by atoms with Gasteiger partial charge in [0.1, 0.15) is 29.2 Å². The molecule has 2 atom stereocenters. The number of hydrogen-bond acceptors (Lipinski definition) is 5. The molecule has 0 aliphatic rings. The van der Waals surface area contributed by atoms with E-state index in [-0.39, 0.29) is 28.2 Å². The lowest BCUT2D eigenvalue weighted by atomic mass is 10.1. The average molecular weight is 559 g/mol. The highest BCUT2D eigenvalue weighted by Gasteiger charge is 2.20. The van der Waals surface area contributed by atoms with E-state index in [1.54, 1.807) is 48.5 Å². The van der Waals surface area contributed by atoms with E-state index in [9.17, 15) is 9.59 Å². The monoisotopic (exact) mass is 558 g/mol. The van der Waals surface area contributed by atoms with Gasteiger partial charge in [0, 0.05) is 0 Å². The molecule has 1 unspecified atom stereocenters. The van der Waals surface area contributed by atoms with Crippen LogP contribution >= 0.6 is 11.6 Å². The number of benzene rings is 2. The minimum Gasteiger partial charge on any atom is -0.491 e. The van der Waals surface area contributed by atoms with Gasteiger partial charge in [0.05, 0.1) is 12.0 Å². The van der Waals surface area contributed by atoms with Crippen molar-refractivity contribution in [3.05, 3.63) is 59.7 Å². The van der Waals surface area contributed by atoms with Crippen LogP contribution in [0.1, 0.15) is 119 Å². The first-order chi connectivity index (χ1) is 19.0. The molecule has 0 aliphatic carbocycles. The summed E-state index contributed by atoms with van der Waals surface area (Å²) in [6.07, 6.45) is 14.6. The van der Waals surface area contributed by atoms with Crippen molar-refractivity contribution in [1.82, 2.24) is 0 Å². The minimum atomic E-state index is -0.603. The third kappa shape index (κ3) is 12.9. The van der Waals surface area contributed by atoms with E-state index in [1.165, 1.54) is 57.8 Å². The number of carbonyl (C=O) groups is 2. The zero-order chi connectivity index (χ0) is 28.3. The molecule has 0 N–H and O–H groups in total. The summed E-state index contributed by atoms with van der Waals surface area (Å²) >= 11 is 6.53. The van der Waals surface area contributed by atoms with Gasteiger partial charge in [-0.1, -0.05) is 116 Å². The van der Waals surface area contributed by atoms with Gasteiger partial charge in [-0.3, -0.25) is 0 Å². The molecular weight excluding hydrogens is 512 g/mol. The van der Waals surface area contributed by atoms with Gasteiger partial charge in [0.2, 0.25) is 0 Å². The van der Waals surface area contributed by atoms with Crippen molar-refractivity contribution in [2.45, 2.75) is 103 Å². The Bertz CT molecular complexity index is 976. The molecule has 0 saturated carbocycles. The van der Waals surface area contributed by atoms with Crippen LogP contribution in [0.25, 0.3) is 0 Å². The fraction of sp³-hybridized carbons (Fsp3) is 0.576. The molecule has 6 heteroatoms. The first-order valence-corrected chi connectivity index (χ1v) is 15.2. The molecule has 0 bridgehead atoms. The summed E-state index contributed by atoms with van der Waals surface area (Å²) in [5, 5.41) is -0.135. The van der Waals surface area contributed by atoms with Crippen molar-refractivity contribution in [3.8, 4) is 11.5 Å². The molecule has 216 valence electrons. The van der Waals surface area contributed by atoms with Gasteiger partial charge in [0.15, 0.2) is 0 Å². The molecular formula is C33H47ClO5. The van der Waals surface area contributed by atoms with Gasteiger partial charge in [0.25, 0.3) is 0 Å². The first kappa shape index (κ1) is 32.7. The smallest absolute Gasteiger partial charge is 0.347 e. The van der Waals surface area contributed by atoms with E-state index < -0.39 is 11.9 Å². The van der Waals surface area contributed by atoms with E-state index in [0.29, 0.717) is 19.0 Å². The predicted octanol–water partition coefficient (Wildman–Crippen LogP) is 9.41. The number of esters is 2. The molecule has 2 aromatic carbocycles. The maximum atomic E-state index is 13.1. The normalized spacial score (nSPS) is 12.5. The van der Waals surface area contributed by atoms with Crippen molar-refractivity contribution in [1.29, 1.82) is 0 Å². The third-order valence-corrected chi connectivity index (χ3v) is 7.25. The number of hydrogen-bond donors (Lipinski definition) is 0. The van der Waals surface area contributed by atoms with Gasteiger partial charge in [-0.25, -0.2) is 9.59 Å². The summed E-state index contributed by atoms with van der Waals surface area (Å²) < 4.78 is 17.0. The van der Waals surface area contributed by atoms with Crippen LogP contribution in [0, 0.1) is 5.92 Å². The van der Waals surface area contributed by atoms with Gasteiger partial charge >= 0.3 is 11.9 Å². The Hall–Kier alpha value is -2.53. The summed E-state index contributed by atoms with van der Waals surface area (Å²) in [5.74, 6) is -0.298. The molecule has 0 amide bonds. The largest absolute Gasteiger partial charge is 0.491 e. The van der Waals surface area contributed by atoms with Gasteiger partial charge < -0.3 is 14.2 Å². The van der Waals surface area contributed by atoms with Crippen LogP contribution < -0.4 is 9.47 Å². The van der Waals surface area contributed by atoms with Crippen LogP contribution in [0.2, 0.25) is 0 Å². The molecule has 0 aliphatic heterocycles. The molecule has 0 fully saturated rings. The fourth-order valence-electron chi connectivity index (χ4n) is 4.17. The van der Waals surface area contributed by atoms with E-state index in [2.05, 4.69) is 6.92 Å². The highest BCUT2D eigenvalue weighted by Crippen LogP contribution is 2.25. The Morgan fingerprint density at radius 1 is 0.718 bits per heavy atom. The zero-order valence-corrected chi connectivity index (χ0v) is 24.8. The van der Waals surface area contributed by atoms with E-state index >= 15 is 0 Å². The first-order valence-electron chi connectivity index (χ1n) is 14.8. The number of para-hydroxylation sites is 2. The van der Waals surface area contributed by atoms with Crippen molar-refractivity contribution < 1.29 is 23.8 Å². The molecule has 0 spiro atoms. The number of unbranched alkanes of at least 4 members (excludes halogenated alkanes) is 9. The summed E-state index contributed by atoms with van der Waals surface area (Å²) in [7, 11) is 0. The van der Waals surface area contributed by atoms with E-state index in [0.717, 1.165) is 19.3 Å². The zero-order valence-electron chi connectivity index (χ0n) is 24.1. The van der Waals surface area contributed by atoms with Crippen LogP contribution in [-0.4, -0.2) is 30.5 Å². The highest BCUT2D eigenvalue weighted by atomic mass is 35.5. The number of alkyl halides is 1. The lowest BCUT2D eigenvalue weighted by molar-refractivity contribution is 0.0442. The Morgan fingerprint density at radius 3 is 1.87 bits per heavy atom. The van der Waals surface area contributed by atoms with Gasteiger partial charge in [-0.15, -0.1) is 11.6 Å². The van der Waals surface area contributed by atoms with Crippen molar-refractivity contribution in [2.75, 3.05) is 13.2 Å². The summed E-state index contributed by atoms with van der Waals surface area (Å²) in [4.78, 5) is 25.7. The van der Waals surface area contributed by atoms with Crippen LogP contribution in [0.4, 0.5) is 0 Å². The van der Waals surface area contributed by atoms with Crippen LogP contribution in [-0.2, 0) is 4.74 Å². The van der Waals surface area contributed by atoms with Crippen molar-refractivity contribution in [2.24, 2.45) is 5.92 Å². The SMILES string of the molecule is CCCCCCCCCCCCC(Cl)COc1ccccc1C(=O)Oc1ccccc1C(=O)OC[C@@H](C)CC. The number of halogens is 1. The van der Waals surface area contributed by atoms with Crippen LogP contribution in [0.5, 0.6) is 11.5 Å². The Morgan fingerprint density at radius 2 is 1.26 bits per heavy atom. The van der Waals surface area contributed by atoms with Crippen molar-refractivity contribution in [3.63, 3.8) is 0 Å². The molecule has 0 saturated heterocycles. The van der Waals surface area contributed by atoms with Crippen LogP contribution in [0.3, 0.4) is 0 Å². The maximum absolute atomic E-state index is 13.1. The molecule has 0 radical (unpaired) electrons. The highest BCUT2D eigenvalue weighted by molar-refractivity contribution is 6.20. The number of rotatable bonds is 20. The standard InChI is InChI=1S/C33H47ClO5/c1-4-6-7-8-9-10-11-12-13-14-19-27(34)25-37-30-22-17-15-20-28(30)33(36)39-31-23-18-16-21-29(31)32(35)38-24-26(3)5-2/h15-18,20-23,26-27H,4-14,19,24-25H2,1-3H3/t26-,27?/m0/s1. The number of carbonyl (C=O) groups excluding carboxylic acids is 2. The lowest BCUT2D eigenvalue weighted by Crippen LogP contribution is -2.17. The summed E-state index contributed by atoms with van der Waals surface area (Å²) in [6, 6.07) is 13.5. The third-order valence-electron chi connectivity index (χ3n) is 6.90. The van der Waals surface area contributed by atoms with E-state index in [4.69, 9.17) is 25.8 Å². The fourth-order valence-corrected chi connectivity index (χ4v) is 4.39. The lowest BCUT2D eigenvalue weighted by Gasteiger charge is -2.15. The minimum absolute atomic E-state index is 0.135. The molecule has 2 rings (SSSR count). The van der Waals surface area contributed by atoms with Gasteiger partial charge in [-0.2, -0.15) is 0 Å². The molecule has 5 nitrogen and oxygen atoms in total. The Kier molecular flexibility index (Phi) is 16.4. The summed E-state index contributed by atoms with van der Waals surface area (Å²) in [6.45, 7) is 6.92. The van der Waals surface area contributed by atoms with Crippen molar-refractivity contribution >= 4 is 23.5 Å². The Labute approximate surface area is 240 Å². The van der Waals surface area contributed by atoms with Gasteiger partial charge in [-0.05, 0) is 36.6 Å². The molecule has 0 aromatic heterocycles. The topological polar surface area (TPSA) is 61.8 Å². The average Bonchev–Trinajstić information content (AvgIpc) is 2.96. The number of ether oxygens (including phenoxy) is 3. The summed E-state index contributed by atoms with van der Waals surface area (Å²) in [5.41, 5.74) is 0.493. The quantitative estimate of drug-likeness (QED) is 0.0700. The van der Waals surface area contributed by atoms with Crippen LogP contribution in [0.15, 0.2) is 48.5 Å². The predicted molar refractivity (Wildman–Crippen MR) is 159 cm³/mol. The maximum Gasteiger partial charge on any atom is 0.347 e. The molecule has 39 heavy (non-hydrogen) atoms. The second kappa shape index (κ2) is 19.5. The molecule has 0 heterocycles. The molecule has 2 aromatic rings. The van der Waals surface area contributed by atoms with E-state index in [1.807, 2.05) is 13.8 Å². The second-order valence-corrected chi connectivity index (χ2v) is 11.0. The Balaban J connectivity index is 1.81. The second-order valence-electron chi connectivity index (χ2n) is 10.4.